The minimum absolute atomic E-state index is 0.0426. The van der Waals surface area contributed by atoms with Crippen LogP contribution in [0.3, 0.4) is 0 Å². The van der Waals surface area contributed by atoms with Gasteiger partial charge in [0, 0.05) is 12.6 Å². The molecule has 2 nitrogen and oxygen atoms in total. The zero-order chi connectivity index (χ0) is 11.6. The van der Waals surface area contributed by atoms with Crippen molar-refractivity contribution in [2.75, 3.05) is 6.54 Å². The fourth-order valence-electron chi connectivity index (χ4n) is 1.69. The zero-order valence-electron chi connectivity index (χ0n) is 10.2. The third-order valence-corrected chi connectivity index (χ3v) is 2.79. The number of nitrogens with two attached hydrogens (primary N) is 2. The highest BCUT2D eigenvalue weighted by molar-refractivity contribution is 5.36. The molecule has 0 saturated heterocycles. The monoisotopic (exact) mass is 206 g/mol. The molecule has 15 heavy (non-hydrogen) atoms. The van der Waals surface area contributed by atoms with Gasteiger partial charge in [-0.05, 0) is 29.0 Å². The van der Waals surface area contributed by atoms with Gasteiger partial charge in [-0.3, -0.25) is 0 Å². The number of hydrogen-bond donors (Lipinski definition) is 2. The molecule has 0 radical (unpaired) electrons. The molecule has 1 aromatic carbocycles. The SMILES string of the molecule is Cc1cc(C(C)(C)C)ccc1C(N)CN. The van der Waals surface area contributed by atoms with Crippen molar-refractivity contribution < 1.29 is 0 Å². The summed E-state index contributed by atoms with van der Waals surface area (Å²) in [5, 5.41) is 0. The molecule has 1 aromatic rings. The number of rotatable bonds is 2. The highest BCUT2D eigenvalue weighted by atomic mass is 14.7. The van der Waals surface area contributed by atoms with E-state index in [0.29, 0.717) is 6.54 Å². The van der Waals surface area contributed by atoms with E-state index in [-0.39, 0.29) is 11.5 Å². The molecule has 84 valence electrons. The Hall–Kier alpha value is -0.860. The van der Waals surface area contributed by atoms with E-state index in [9.17, 15) is 0 Å². The van der Waals surface area contributed by atoms with Crippen LogP contribution in [0.4, 0.5) is 0 Å². The van der Waals surface area contributed by atoms with Crippen molar-refractivity contribution in [3.05, 3.63) is 34.9 Å². The Labute approximate surface area is 92.7 Å². The maximum Gasteiger partial charge on any atom is 0.0422 e. The lowest BCUT2D eigenvalue weighted by molar-refractivity contribution is 0.588. The van der Waals surface area contributed by atoms with E-state index in [2.05, 4.69) is 45.9 Å². The smallest absolute Gasteiger partial charge is 0.0422 e. The van der Waals surface area contributed by atoms with Crippen molar-refractivity contribution in [2.45, 2.75) is 39.2 Å². The maximum atomic E-state index is 5.93. The van der Waals surface area contributed by atoms with E-state index in [0.717, 1.165) is 5.56 Å². The number of hydrogen-bond acceptors (Lipinski definition) is 2. The van der Waals surface area contributed by atoms with Crippen molar-refractivity contribution in [2.24, 2.45) is 11.5 Å². The minimum Gasteiger partial charge on any atom is -0.329 e. The summed E-state index contributed by atoms with van der Waals surface area (Å²) in [6, 6.07) is 6.43. The molecular formula is C13H22N2. The maximum absolute atomic E-state index is 5.93. The summed E-state index contributed by atoms with van der Waals surface area (Å²) in [6.07, 6.45) is 0. The van der Waals surface area contributed by atoms with Crippen LogP contribution in [-0.4, -0.2) is 6.54 Å². The first-order valence-corrected chi connectivity index (χ1v) is 5.43. The second-order valence-corrected chi connectivity index (χ2v) is 5.16. The molecule has 0 aromatic heterocycles. The van der Waals surface area contributed by atoms with Crippen LogP contribution in [0.15, 0.2) is 18.2 Å². The third kappa shape index (κ3) is 2.80. The molecule has 1 unspecified atom stereocenters. The van der Waals surface area contributed by atoms with Gasteiger partial charge in [-0.1, -0.05) is 39.0 Å². The number of aryl methyl sites for hydroxylation is 1. The molecule has 0 aliphatic carbocycles. The van der Waals surface area contributed by atoms with Crippen LogP contribution in [0.2, 0.25) is 0 Å². The molecule has 0 aliphatic heterocycles. The first-order valence-electron chi connectivity index (χ1n) is 5.43. The number of benzene rings is 1. The van der Waals surface area contributed by atoms with Gasteiger partial charge in [0.15, 0.2) is 0 Å². The van der Waals surface area contributed by atoms with Crippen molar-refractivity contribution in [1.29, 1.82) is 0 Å². The van der Waals surface area contributed by atoms with Gasteiger partial charge in [0.05, 0.1) is 0 Å². The van der Waals surface area contributed by atoms with Crippen molar-refractivity contribution in [1.82, 2.24) is 0 Å². The summed E-state index contributed by atoms with van der Waals surface area (Å²) in [5.41, 5.74) is 15.4. The molecule has 0 fully saturated rings. The van der Waals surface area contributed by atoms with Crippen LogP contribution >= 0.6 is 0 Å². The average molecular weight is 206 g/mol. The summed E-state index contributed by atoms with van der Waals surface area (Å²) < 4.78 is 0. The second-order valence-electron chi connectivity index (χ2n) is 5.16. The molecule has 4 N–H and O–H groups in total. The molecule has 0 aliphatic rings. The van der Waals surface area contributed by atoms with Gasteiger partial charge in [0.2, 0.25) is 0 Å². The fourth-order valence-corrected chi connectivity index (χ4v) is 1.69. The molecule has 1 atom stereocenters. The summed E-state index contributed by atoms with van der Waals surface area (Å²) in [6.45, 7) is 9.23. The average Bonchev–Trinajstić information content (AvgIpc) is 2.15. The largest absolute Gasteiger partial charge is 0.329 e. The Morgan fingerprint density at radius 3 is 2.27 bits per heavy atom. The minimum atomic E-state index is -0.0426. The Morgan fingerprint density at radius 2 is 1.87 bits per heavy atom. The molecule has 0 heterocycles. The molecule has 0 amide bonds. The summed E-state index contributed by atoms with van der Waals surface area (Å²) >= 11 is 0. The topological polar surface area (TPSA) is 52.0 Å². The van der Waals surface area contributed by atoms with Crippen LogP contribution < -0.4 is 11.5 Å². The third-order valence-electron chi connectivity index (χ3n) is 2.79. The molecule has 0 saturated carbocycles. The summed E-state index contributed by atoms with van der Waals surface area (Å²) in [4.78, 5) is 0. The quantitative estimate of drug-likeness (QED) is 0.779. The summed E-state index contributed by atoms with van der Waals surface area (Å²) in [5.74, 6) is 0. The zero-order valence-corrected chi connectivity index (χ0v) is 10.2. The standard InChI is InChI=1S/C13H22N2/c1-9-7-10(13(2,3)4)5-6-11(9)12(15)8-14/h5-7,12H,8,14-15H2,1-4H3. The van der Waals surface area contributed by atoms with Crippen LogP contribution in [0, 0.1) is 6.92 Å². The van der Waals surface area contributed by atoms with E-state index in [1.807, 2.05) is 0 Å². The van der Waals surface area contributed by atoms with E-state index < -0.39 is 0 Å². The normalized spacial score (nSPS) is 14.0. The van der Waals surface area contributed by atoms with Crippen molar-refractivity contribution >= 4 is 0 Å². The van der Waals surface area contributed by atoms with Crippen molar-refractivity contribution in [3.8, 4) is 0 Å². The van der Waals surface area contributed by atoms with Gasteiger partial charge in [0.25, 0.3) is 0 Å². The molecule has 0 bridgehead atoms. The predicted molar refractivity (Wildman–Crippen MR) is 65.9 cm³/mol. The lowest BCUT2D eigenvalue weighted by Crippen LogP contribution is -2.22. The summed E-state index contributed by atoms with van der Waals surface area (Å²) in [7, 11) is 0. The first kappa shape index (κ1) is 12.2. The van der Waals surface area contributed by atoms with Crippen LogP contribution in [0.25, 0.3) is 0 Å². The Bertz CT molecular complexity index is 337. The molecule has 0 spiro atoms. The molecule has 2 heteroatoms. The highest BCUT2D eigenvalue weighted by Crippen LogP contribution is 2.25. The Morgan fingerprint density at radius 1 is 1.27 bits per heavy atom. The van der Waals surface area contributed by atoms with Gasteiger partial charge >= 0.3 is 0 Å². The van der Waals surface area contributed by atoms with Crippen LogP contribution in [0.5, 0.6) is 0 Å². The van der Waals surface area contributed by atoms with Gasteiger partial charge in [-0.25, -0.2) is 0 Å². The van der Waals surface area contributed by atoms with E-state index in [4.69, 9.17) is 11.5 Å². The molecular weight excluding hydrogens is 184 g/mol. The predicted octanol–water partition coefficient (Wildman–Crippen LogP) is 2.25. The highest BCUT2D eigenvalue weighted by Gasteiger charge is 2.15. The van der Waals surface area contributed by atoms with E-state index in [1.165, 1.54) is 11.1 Å². The molecule has 1 rings (SSSR count). The Kier molecular flexibility index (Phi) is 3.53. The second kappa shape index (κ2) is 4.33. The fraction of sp³-hybridized carbons (Fsp3) is 0.538. The lowest BCUT2D eigenvalue weighted by atomic mass is 9.84. The van der Waals surface area contributed by atoms with Gasteiger partial charge in [0.1, 0.15) is 0 Å². The van der Waals surface area contributed by atoms with Gasteiger partial charge in [-0.15, -0.1) is 0 Å². The van der Waals surface area contributed by atoms with Crippen LogP contribution in [0.1, 0.15) is 43.5 Å². The lowest BCUT2D eigenvalue weighted by Gasteiger charge is -2.21. The Balaban J connectivity index is 3.09. The van der Waals surface area contributed by atoms with Gasteiger partial charge < -0.3 is 11.5 Å². The van der Waals surface area contributed by atoms with Gasteiger partial charge in [-0.2, -0.15) is 0 Å². The van der Waals surface area contributed by atoms with E-state index in [1.54, 1.807) is 0 Å². The van der Waals surface area contributed by atoms with Crippen molar-refractivity contribution in [3.63, 3.8) is 0 Å². The van der Waals surface area contributed by atoms with Crippen LogP contribution in [-0.2, 0) is 5.41 Å². The van der Waals surface area contributed by atoms with E-state index >= 15 is 0 Å². The first-order chi connectivity index (χ1) is 6.86.